The highest BCUT2D eigenvalue weighted by molar-refractivity contribution is 6.12. The SMILES string of the molecule is Cc1ccc2c(c1)nc(C(N)=O)c1[nH]cc(O)ccccc12. The fourth-order valence-corrected chi connectivity index (χ4v) is 2.40. The van der Waals surface area contributed by atoms with Gasteiger partial charge in [0.2, 0.25) is 0 Å². The van der Waals surface area contributed by atoms with E-state index in [-0.39, 0.29) is 11.4 Å². The number of aryl methyl sites for hydroxylation is 1. The fourth-order valence-electron chi connectivity index (χ4n) is 2.40. The zero-order valence-corrected chi connectivity index (χ0v) is 12.0. The van der Waals surface area contributed by atoms with Crippen LogP contribution in [0.15, 0.2) is 48.7 Å². The lowest BCUT2D eigenvalue weighted by Gasteiger charge is -2.06. The molecule has 0 unspecified atom stereocenters. The number of rotatable bonds is 1. The minimum absolute atomic E-state index is 0.0388. The number of pyridine rings is 1. The zero-order chi connectivity index (χ0) is 15.7. The van der Waals surface area contributed by atoms with Crippen LogP contribution in [0.3, 0.4) is 0 Å². The smallest absolute Gasteiger partial charge is 0.269 e. The highest BCUT2D eigenvalue weighted by atomic mass is 16.3. The van der Waals surface area contributed by atoms with Crippen molar-refractivity contribution < 1.29 is 9.90 Å². The predicted octanol–water partition coefficient (Wildman–Crippen LogP) is 2.95. The molecule has 3 aromatic rings. The molecule has 0 saturated heterocycles. The Kier molecular flexibility index (Phi) is 3.39. The summed E-state index contributed by atoms with van der Waals surface area (Å²) in [7, 11) is 0. The molecule has 0 atom stereocenters. The third-order valence-corrected chi connectivity index (χ3v) is 3.42. The number of fused-ring (bicyclic) bond motifs is 3. The molecule has 0 spiro atoms. The van der Waals surface area contributed by atoms with Crippen LogP contribution in [0.5, 0.6) is 5.75 Å². The van der Waals surface area contributed by atoms with Crippen LogP contribution in [0.25, 0.3) is 21.8 Å². The second-order valence-electron chi connectivity index (χ2n) is 5.07. The lowest BCUT2D eigenvalue weighted by Crippen LogP contribution is -2.14. The van der Waals surface area contributed by atoms with Gasteiger partial charge in [0.1, 0.15) is 5.75 Å². The van der Waals surface area contributed by atoms with Crippen LogP contribution in [0.2, 0.25) is 0 Å². The molecule has 1 amide bonds. The van der Waals surface area contributed by atoms with Gasteiger partial charge < -0.3 is 15.8 Å². The first-order valence-electron chi connectivity index (χ1n) is 6.81. The molecule has 0 fully saturated rings. The van der Waals surface area contributed by atoms with E-state index in [9.17, 15) is 9.90 Å². The molecule has 0 aliphatic rings. The number of benzene rings is 1. The van der Waals surface area contributed by atoms with Crippen molar-refractivity contribution in [2.45, 2.75) is 6.92 Å². The minimum Gasteiger partial charge on any atom is -0.506 e. The third kappa shape index (κ3) is 2.44. The lowest BCUT2D eigenvalue weighted by atomic mass is 10.1. The summed E-state index contributed by atoms with van der Waals surface area (Å²) in [5.74, 6) is -0.586. The average Bonchev–Trinajstić information content (AvgIpc) is 2.57. The van der Waals surface area contributed by atoms with Gasteiger partial charge in [-0.25, -0.2) is 4.98 Å². The van der Waals surface area contributed by atoms with Crippen molar-refractivity contribution in [2.24, 2.45) is 5.73 Å². The van der Waals surface area contributed by atoms with Crippen LogP contribution in [-0.2, 0) is 0 Å². The van der Waals surface area contributed by atoms with Crippen molar-refractivity contribution in [3.8, 4) is 5.75 Å². The Labute approximate surface area is 126 Å². The molecular weight excluding hydrogens is 278 g/mol. The number of primary amides is 1. The van der Waals surface area contributed by atoms with Crippen LogP contribution in [0, 0.1) is 6.92 Å². The van der Waals surface area contributed by atoms with E-state index in [0.29, 0.717) is 11.0 Å². The Bertz CT molecular complexity index is 943. The Balaban J connectivity index is 2.60. The monoisotopic (exact) mass is 293 g/mol. The second-order valence-corrected chi connectivity index (χ2v) is 5.07. The molecule has 0 aliphatic carbocycles. The molecule has 1 aromatic carbocycles. The van der Waals surface area contributed by atoms with Crippen LogP contribution in [0.4, 0.5) is 0 Å². The molecule has 3 rings (SSSR count). The number of H-pyrrole nitrogens is 1. The van der Waals surface area contributed by atoms with Crippen LogP contribution >= 0.6 is 0 Å². The number of hydrogen-bond donors (Lipinski definition) is 3. The number of amides is 1. The normalized spacial score (nSPS) is 10.6. The molecule has 22 heavy (non-hydrogen) atoms. The van der Waals surface area contributed by atoms with Gasteiger partial charge in [0, 0.05) is 17.0 Å². The van der Waals surface area contributed by atoms with Crippen molar-refractivity contribution in [3.05, 3.63) is 59.9 Å². The first-order chi connectivity index (χ1) is 10.6. The van der Waals surface area contributed by atoms with E-state index in [4.69, 9.17) is 5.73 Å². The lowest BCUT2D eigenvalue weighted by molar-refractivity contribution is 0.0997. The van der Waals surface area contributed by atoms with Crippen LogP contribution in [-0.4, -0.2) is 21.0 Å². The number of carbonyl (C=O) groups excluding carboxylic acids is 1. The van der Waals surface area contributed by atoms with Gasteiger partial charge in [-0.1, -0.05) is 30.3 Å². The van der Waals surface area contributed by atoms with Gasteiger partial charge >= 0.3 is 0 Å². The van der Waals surface area contributed by atoms with E-state index in [0.717, 1.165) is 16.3 Å². The van der Waals surface area contributed by atoms with Crippen molar-refractivity contribution >= 4 is 27.7 Å². The minimum atomic E-state index is -0.624. The van der Waals surface area contributed by atoms with Crippen molar-refractivity contribution in [1.82, 2.24) is 9.97 Å². The van der Waals surface area contributed by atoms with E-state index in [1.165, 1.54) is 6.20 Å². The van der Waals surface area contributed by atoms with E-state index in [1.807, 2.05) is 31.2 Å². The average molecular weight is 293 g/mol. The number of aromatic hydroxyl groups is 1. The van der Waals surface area contributed by atoms with Gasteiger partial charge in [-0.15, -0.1) is 0 Å². The number of nitrogens with one attached hydrogen (secondary N) is 1. The first kappa shape index (κ1) is 13.9. The largest absolute Gasteiger partial charge is 0.506 e. The summed E-state index contributed by atoms with van der Waals surface area (Å²) in [6.45, 7) is 1.96. The van der Waals surface area contributed by atoms with Gasteiger partial charge in [-0.2, -0.15) is 0 Å². The molecule has 5 heteroatoms. The quantitative estimate of drug-likeness (QED) is 0.644. The maximum Gasteiger partial charge on any atom is 0.269 e. The number of nitrogens with zero attached hydrogens (tertiary/aromatic N) is 1. The molecule has 110 valence electrons. The van der Waals surface area contributed by atoms with Gasteiger partial charge in [-0.3, -0.25) is 4.79 Å². The van der Waals surface area contributed by atoms with E-state index in [2.05, 4.69) is 9.97 Å². The summed E-state index contributed by atoms with van der Waals surface area (Å²) in [5.41, 5.74) is 7.84. The van der Waals surface area contributed by atoms with Crippen molar-refractivity contribution in [2.75, 3.05) is 0 Å². The van der Waals surface area contributed by atoms with E-state index < -0.39 is 5.91 Å². The van der Waals surface area contributed by atoms with E-state index in [1.54, 1.807) is 18.2 Å². The number of nitrogens with two attached hydrogens (primary N) is 1. The molecule has 0 aliphatic heterocycles. The Hall–Kier alpha value is -3.08. The Morgan fingerprint density at radius 3 is 2.73 bits per heavy atom. The predicted molar refractivity (Wildman–Crippen MR) is 86.1 cm³/mol. The molecule has 5 nitrogen and oxygen atoms in total. The molecule has 4 N–H and O–H groups in total. The first-order valence-corrected chi connectivity index (χ1v) is 6.81. The summed E-state index contributed by atoms with van der Waals surface area (Å²) in [6.07, 6.45) is 1.40. The van der Waals surface area contributed by atoms with Gasteiger partial charge in [0.05, 0.1) is 11.0 Å². The second kappa shape index (κ2) is 5.37. The maximum absolute atomic E-state index is 11.8. The van der Waals surface area contributed by atoms with Gasteiger partial charge in [-0.05, 0) is 24.6 Å². The summed E-state index contributed by atoms with van der Waals surface area (Å²) in [4.78, 5) is 19.1. The number of carbonyl (C=O) groups is 1. The topological polar surface area (TPSA) is 92.0 Å². The molecule has 0 saturated carbocycles. The summed E-state index contributed by atoms with van der Waals surface area (Å²) in [6, 6.07) is 12.8. The van der Waals surface area contributed by atoms with Crippen LogP contribution < -0.4 is 5.73 Å². The molecule has 2 aromatic heterocycles. The number of hydrogen-bond acceptors (Lipinski definition) is 3. The van der Waals surface area contributed by atoms with Gasteiger partial charge in [0.25, 0.3) is 5.91 Å². The molecule has 0 bridgehead atoms. The summed E-state index contributed by atoms with van der Waals surface area (Å²) in [5, 5.41) is 11.4. The number of aromatic nitrogens is 2. The van der Waals surface area contributed by atoms with E-state index >= 15 is 0 Å². The molecular formula is C17H15N3O2. The maximum atomic E-state index is 11.8. The summed E-state index contributed by atoms with van der Waals surface area (Å²) < 4.78 is 0. The summed E-state index contributed by atoms with van der Waals surface area (Å²) >= 11 is 0. The Morgan fingerprint density at radius 1 is 1.18 bits per heavy atom. The molecule has 0 radical (unpaired) electrons. The third-order valence-electron chi connectivity index (χ3n) is 3.42. The van der Waals surface area contributed by atoms with Crippen molar-refractivity contribution in [1.29, 1.82) is 0 Å². The highest BCUT2D eigenvalue weighted by Gasteiger charge is 2.12. The zero-order valence-electron chi connectivity index (χ0n) is 12.0. The number of aromatic amines is 1. The fraction of sp³-hybridized carbons (Fsp3) is 0.0588. The van der Waals surface area contributed by atoms with Crippen LogP contribution in [0.1, 0.15) is 16.1 Å². The Morgan fingerprint density at radius 2 is 1.95 bits per heavy atom. The molecule has 2 heterocycles. The standard InChI is InChI=1S/C17H15N3O2/c1-10-6-7-12-13-5-3-2-4-11(21)9-19-15(13)16(17(18)22)20-14(12)8-10/h2-9,19,21H,1H3,(H2,18,22). The van der Waals surface area contributed by atoms with Gasteiger partial charge in [0.15, 0.2) is 5.69 Å². The van der Waals surface area contributed by atoms with Crippen molar-refractivity contribution in [3.63, 3.8) is 0 Å². The highest BCUT2D eigenvalue weighted by Crippen LogP contribution is 2.25.